The molecule has 1 aliphatic carbocycles. The van der Waals surface area contributed by atoms with Gasteiger partial charge in [-0.3, -0.25) is 0 Å². The minimum atomic E-state index is -4.50. The van der Waals surface area contributed by atoms with Gasteiger partial charge in [-0.05, 0) is 56.2 Å². The van der Waals surface area contributed by atoms with Crippen LogP contribution in [0.2, 0.25) is 0 Å². The number of carbonyl (C=O) groups excluding carboxylic acids is 1. The number of hydrogen-bond donors (Lipinski definition) is 1. The Morgan fingerprint density at radius 3 is 2.54 bits per heavy atom. The molecule has 2 heterocycles. The van der Waals surface area contributed by atoms with Crippen LogP contribution in [-0.4, -0.2) is 60.5 Å². The molecule has 2 aromatic carbocycles. The maximum Gasteiger partial charge on any atom is 0.416 e. The van der Waals surface area contributed by atoms with Crippen LogP contribution in [0.5, 0.6) is 17.2 Å². The van der Waals surface area contributed by atoms with E-state index in [0.29, 0.717) is 42.5 Å². The van der Waals surface area contributed by atoms with E-state index in [1.165, 1.54) is 12.5 Å². The molecule has 198 valence electrons. The number of fused-ring (bicyclic) bond motifs is 2. The molecule has 2 aromatic rings. The van der Waals surface area contributed by atoms with Gasteiger partial charge in [0.1, 0.15) is 23.0 Å². The highest BCUT2D eigenvalue weighted by Gasteiger charge is 2.34. The summed E-state index contributed by atoms with van der Waals surface area (Å²) in [6.45, 7) is 3.39. The third-order valence-electron chi connectivity index (χ3n) is 7.28. The fourth-order valence-electron chi connectivity index (χ4n) is 5.26. The maximum absolute atomic E-state index is 13.5. The van der Waals surface area contributed by atoms with Crippen molar-refractivity contribution in [2.45, 2.75) is 57.3 Å². The highest BCUT2D eigenvalue weighted by Crippen LogP contribution is 2.42. The number of benzene rings is 2. The number of nitrogens with one attached hydrogen (secondary N) is 1. The lowest BCUT2D eigenvalue weighted by Gasteiger charge is -2.41. The average Bonchev–Trinajstić information content (AvgIpc) is 3.04. The molecule has 1 saturated heterocycles. The molecule has 1 saturated carbocycles. The number of amidine groups is 1. The van der Waals surface area contributed by atoms with Gasteiger partial charge in [0.05, 0.1) is 18.2 Å². The lowest BCUT2D eigenvalue weighted by molar-refractivity contribution is -0.137. The molecule has 0 spiro atoms. The van der Waals surface area contributed by atoms with Gasteiger partial charge in [0, 0.05) is 31.7 Å². The molecular formula is C27H31F3N4O3. The number of ether oxygens (including phenoxy) is 2. The number of nitrogens with zero attached hydrogens (tertiary/aromatic N) is 3. The lowest BCUT2D eigenvalue weighted by Crippen LogP contribution is -2.58. The van der Waals surface area contributed by atoms with Crippen LogP contribution in [0.15, 0.2) is 41.4 Å². The first-order chi connectivity index (χ1) is 17.7. The SMILES string of the molecule is COc1ccc2c(c1)C(N1CCN(C(=O)NC3CCCCC3)[C@@H](C)C1)=Nc1cc(C(F)(F)F)ccc1O2. The number of alkyl halides is 3. The number of hydrogen-bond acceptors (Lipinski definition) is 5. The molecule has 2 fully saturated rings. The monoisotopic (exact) mass is 516 g/mol. The quantitative estimate of drug-likeness (QED) is 0.536. The van der Waals surface area contributed by atoms with Crippen molar-refractivity contribution in [1.82, 2.24) is 15.1 Å². The average molecular weight is 517 g/mol. The zero-order chi connectivity index (χ0) is 26.2. The van der Waals surface area contributed by atoms with Gasteiger partial charge in [0.2, 0.25) is 0 Å². The summed E-state index contributed by atoms with van der Waals surface area (Å²) in [4.78, 5) is 21.5. The summed E-state index contributed by atoms with van der Waals surface area (Å²) in [5.41, 5.74) is -0.0689. The Hall–Kier alpha value is -3.43. The van der Waals surface area contributed by atoms with Crippen LogP contribution >= 0.6 is 0 Å². The Bertz CT molecular complexity index is 1190. The Balaban J connectivity index is 1.44. The molecule has 10 heteroatoms. The number of amides is 2. The van der Waals surface area contributed by atoms with Crippen molar-refractivity contribution in [3.63, 3.8) is 0 Å². The Morgan fingerprint density at radius 1 is 1.08 bits per heavy atom. The smallest absolute Gasteiger partial charge is 0.416 e. The standard InChI is InChI=1S/C27H31F3N4O3/c1-17-16-33(12-13-34(17)26(35)31-19-6-4-3-5-7-19)25-21-15-20(36-2)9-11-23(21)37-24-10-8-18(27(28,29)30)14-22(24)32-25/h8-11,14-15,17,19H,3-7,12-13,16H2,1-2H3,(H,31,35)/t17-/m0/s1. The normalized spacial score (nSPS) is 20.2. The first-order valence-corrected chi connectivity index (χ1v) is 12.7. The van der Waals surface area contributed by atoms with E-state index in [9.17, 15) is 18.0 Å². The van der Waals surface area contributed by atoms with Crippen molar-refractivity contribution in [3.05, 3.63) is 47.5 Å². The Labute approximate surface area is 214 Å². The third-order valence-corrected chi connectivity index (χ3v) is 7.28. The molecule has 0 aromatic heterocycles. The molecule has 0 bridgehead atoms. The highest BCUT2D eigenvalue weighted by atomic mass is 19.4. The largest absolute Gasteiger partial charge is 0.497 e. The molecule has 2 amide bonds. The molecule has 1 N–H and O–H groups in total. The van der Waals surface area contributed by atoms with E-state index >= 15 is 0 Å². The third kappa shape index (κ3) is 5.33. The first kappa shape index (κ1) is 25.2. The second-order valence-corrected chi connectivity index (χ2v) is 9.85. The fourth-order valence-corrected chi connectivity index (χ4v) is 5.26. The van der Waals surface area contributed by atoms with Gasteiger partial charge < -0.3 is 24.6 Å². The summed E-state index contributed by atoms with van der Waals surface area (Å²) in [7, 11) is 1.55. The van der Waals surface area contributed by atoms with Gasteiger partial charge in [-0.15, -0.1) is 0 Å². The van der Waals surface area contributed by atoms with Crippen LogP contribution in [0.25, 0.3) is 0 Å². The minimum Gasteiger partial charge on any atom is -0.497 e. The van der Waals surface area contributed by atoms with Gasteiger partial charge in [-0.25, -0.2) is 9.79 Å². The van der Waals surface area contributed by atoms with Crippen molar-refractivity contribution < 1.29 is 27.4 Å². The number of methoxy groups -OCH3 is 1. The summed E-state index contributed by atoms with van der Waals surface area (Å²) in [5.74, 6) is 1.79. The summed E-state index contributed by atoms with van der Waals surface area (Å²) in [5, 5.41) is 3.18. The van der Waals surface area contributed by atoms with Crippen LogP contribution in [-0.2, 0) is 6.18 Å². The van der Waals surface area contributed by atoms with Crippen molar-refractivity contribution >= 4 is 17.6 Å². The van der Waals surface area contributed by atoms with Gasteiger partial charge in [0.25, 0.3) is 0 Å². The first-order valence-electron chi connectivity index (χ1n) is 12.7. The highest BCUT2D eigenvalue weighted by molar-refractivity contribution is 6.04. The van der Waals surface area contributed by atoms with Crippen LogP contribution < -0.4 is 14.8 Å². The van der Waals surface area contributed by atoms with Gasteiger partial charge in [-0.2, -0.15) is 13.2 Å². The number of aliphatic imine (C=N–C) groups is 1. The molecule has 7 nitrogen and oxygen atoms in total. The van der Waals surface area contributed by atoms with Crippen LogP contribution in [0.3, 0.4) is 0 Å². The second-order valence-electron chi connectivity index (χ2n) is 9.85. The molecule has 5 rings (SSSR count). The van der Waals surface area contributed by atoms with Crippen molar-refractivity contribution in [2.24, 2.45) is 4.99 Å². The van der Waals surface area contributed by atoms with Crippen molar-refractivity contribution in [3.8, 4) is 17.2 Å². The topological polar surface area (TPSA) is 66.4 Å². The number of urea groups is 1. The van der Waals surface area contributed by atoms with E-state index in [4.69, 9.17) is 14.5 Å². The van der Waals surface area contributed by atoms with Crippen molar-refractivity contribution in [2.75, 3.05) is 26.7 Å². The van der Waals surface area contributed by atoms with E-state index in [1.54, 1.807) is 25.3 Å². The molecule has 0 radical (unpaired) electrons. The van der Waals surface area contributed by atoms with E-state index in [0.717, 1.165) is 37.8 Å². The van der Waals surface area contributed by atoms with Gasteiger partial charge in [-0.1, -0.05) is 19.3 Å². The summed E-state index contributed by atoms with van der Waals surface area (Å²) < 4.78 is 51.8. The summed E-state index contributed by atoms with van der Waals surface area (Å²) >= 11 is 0. The fraction of sp³-hybridized carbons (Fsp3) is 0.481. The molecular weight excluding hydrogens is 485 g/mol. The molecule has 1 atom stereocenters. The number of rotatable bonds is 2. The lowest BCUT2D eigenvalue weighted by atomic mass is 9.96. The number of carbonyl (C=O) groups is 1. The second kappa shape index (κ2) is 10.1. The van der Waals surface area contributed by atoms with Crippen molar-refractivity contribution in [1.29, 1.82) is 0 Å². The zero-order valence-corrected chi connectivity index (χ0v) is 21.0. The Kier molecular flexibility index (Phi) is 6.92. The molecule has 3 aliphatic rings. The molecule has 37 heavy (non-hydrogen) atoms. The summed E-state index contributed by atoms with van der Waals surface area (Å²) in [6.07, 6.45) is 1.00. The minimum absolute atomic E-state index is 0.0626. The van der Waals surface area contributed by atoms with Crippen LogP contribution in [0.1, 0.15) is 50.2 Å². The van der Waals surface area contributed by atoms with E-state index < -0.39 is 11.7 Å². The van der Waals surface area contributed by atoms with Crippen LogP contribution in [0.4, 0.5) is 23.7 Å². The molecule has 2 aliphatic heterocycles. The van der Waals surface area contributed by atoms with E-state index in [-0.39, 0.29) is 29.6 Å². The maximum atomic E-state index is 13.5. The number of piperazine rings is 1. The van der Waals surface area contributed by atoms with Gasteiger partial charge in [0.15, 0.2) is 5.75 Å². The predicted molar refractivity (Wildman–Crippen MR) is 134 cm³/mol. The Morgan fingerprint density at radius 2 is 1.84 bits per heavy atom. The summed E-state index contributed by atoms with van der Waals surface area (Å²) in [6, 6.07) is 8.58. The van der Waals surface area contributed by atoms with Crippen LogP contribution in [0, 0.1) is 0 Å². The predicted octanol–water partition coefficient (Wildman–Crippen LogP) is 5.95. The number of halogens is 3. The van der Waals surface area contributed by atoms with E-state index in [1.807, 2.05) is 16.7 Å². The molecule has 0 unspecified atom stereocenters. The van der Waals surface area contributed by atoms with E-state index in [2.05, 4.69) is 5.32 Å². The van der Waals surface area contributed by atoms with Gasteiger partial charge >= 0.3 is 12.2 Å². The zero-order valence-electron chi connectivity index (χ0n) is 21.0.